The number of esters is 1. The van der Waals surface area contributed by atoms with E-state index >= 15 is 0 Å². The molecule has 1 unspecified atom stereocenters. The number of carbonyl (C=O) groups is 1. The van der Waals surface area contributed by atoms with Gasteiger partial charge in [-0.05, 0) is 29.3 Å². The van der Waals surface area contributed by atoms with Crippen molar-refractivity contribution in [3.8, 4) is 28.7 Å². The molecule has 7 rings (SSSR count). The third kappa shape index (κ3) is 3.68. The molecule has 6 heteroatoms. The molecular formula is C34H24O6. The monoisotopic (exact) mass is 528 g/mol. The molecule has 196 valence electrons. The number of hydrogen-bond acceptors (Lipinski definition) is 6. The molecule has 2 N–H and O–H groups in total. The Balaban J connectivity index is 1.52. The number of benzene rings is 5. The molecule has 1 atom stereocenters. The quantitative estimate of drug-likeness (QED) is 0.243. The van der Waals surface area contributed by atoms with E-state index in [0.29, 0.717) is 45.7 Å². The van der Waals surface area contributed by atoms with Crippen molar-refractivity contribution in [1.29, 1.82) is 0 Å². The summed E-state index contributed by atoms with van der Waals surface area (Å²) in [6, 6.07) is 33.0. The van der Waals surface area contributed by atoms with E-state index in [1.54, 1.807) is 24.3 Å². The second kappa shape index (κ2) is 9.20. The Labute approximate surface area is 230 Å². The molecule has 0 bridgehead atoms. The summed E-state index contributed by atoms with van der Waals surface area (Å²) >= 11 is 0. The minimum atomic E-state index is -1.42. The number of ether oxygens (including phenoxy) is 3. The molecule has 0 fully saturated rings. The van der Waals surface area contributed by atoms with E-state index in [1.165, 1.54) is 12.1 Å². The highest BCUT2D eigenvalue weighted by atomic mass is 16.6. The number of phenolic OH excluding ortho intramolecular Hbond substituents is 2. The van der Waals surface area contributed by atoms with E-state index in [0.717, 1.165) is 11.1 Å². The fourth-order valence-electron chi connectivity index (χ4n) is 5.68. The van der Waals surface area contributed by atoms with Crippen LogP contribution < -0.4 is 9.47 Å². The van der Waals surface area contributed by atoms with E-state index in [4.69, 9.17) is 14.2 Å². The Morgan fingerprint density at radius 3 is 2.20 bits per heavy atom. The molecule has 2 aliphatic heterocycles. The third-order valence-electron chi connectivity index (χ3n) is 7.46. The van der Waals surface area contributed by atoms with Crippen LogP contribution >= 0.6 is 0 Å². The second-order valence-electron chi connectivity index (χ2n) is 9.91. The normalized spacial score (nSPS) is 16.4. The standard InChI is InChI=1S/C34H24O6/c35-23-15-16-27-29(18-23)39-30-19-28(36)25(17-21-9-3-1-4-10-21)32(38-20-22-11-5-2-6-12-22)31(30)34(27)26-14-8-7-13-24(26)33(37)40-34/h1-16,18-19,35-36H,17,20H2. The van der Waals surface area contributed by atoms with Crippen LogP contribution in [0.2, 0.25) is 0 Å². The van der Waals surface area contributed by atoms with Gasteiger partial charge in [-0.2, -0.15) is 0 Å². The van der Waals surface area contributed by atoms with Crippen LogP contribution in [0.5, 0.6) is 28.7 Å². The minimum absolute atomic E-state index is 0.000398. The average molecular weight is 529 g/mol. The van der Waals surface area contributed by atoms with Crippen molar-refractivity contribution >= 4 is 5.97 Å². The van der Waals surface area contributed by atoms with E-state index in [2.05, 4.69) is 0 Å². The van der Waals surface area contributed by atoms with Gasteiger partial charge in [-0.15, -0.1) is 0 Å². The molecule has 5 aromatic rings. The predicted molar refractivity (Wildman–Crippen MR) is 148 cm³/mol. The maximum absolute atomic E-state index is 13.4. The van der Waals surface area contributed by atoms with E-state index < -0.39 is 11.6 Å². The van der Waals surface area contributed by atoms with Gasteiger partial charge in [0.25, 0.3) is 0 Å². The Hall–Kier alpha value is -5.23. The van der Waals surface area contributed by atoms with E-state index in [-0.39, 0.29) is 23.9 Å². The number of hydrogen-bond donors (Lipinski definition) is 2. The maximum Gasteiger partial charge on any atom is 0.340 e. The molecule has 0 radical (unpaired) electrons. The highest BCUT2D eigenvalue weighted by Gasteiger charge is 2.55. The zero-order valence-corrected chi connectivity index (χ0v) is 21.3. The molecule has 0 amide bonds. The molecule has 1 spiro atoms. The first-order chi connectivity index (χ1) is 19.5. The lowest BCUT2D eigenvalue weighted by atomic mass is 9.76. The lowest BCUT2D eigenvalue weighted by Gasteiger charge is -2.38. The summed E-state index contributed by atoms with van der Waals surface area (Å²) in [5.41, 5.74) is 3.15. The Morgan fingerprint density at radius 2 is 1.43 bits per heavy atom. The van der Waals surface area contributed by atoms with Crippen molar-refractivity contribution in [3.63, 3.8) is 0 Å². The SMILES string of the molecule is O=C1OC2(c3ccc(O)cc3Oc3cc(O)c(Cc4ccccc4)c(OCc4ccccc4)c32)c2ccccc21. The molecule has 6 nitrogen and oxygen atoms in total. The Kier molecular flexibility index (Phi) is 5.49. The van der Waals surface area contributed by atoms with E-state index in [9.17, 15) is 15.0 Å². The third-order valence-corrected chi connectivity index (χ3v) is 7.46. The smallest absolute Gasteiger partial charge is 0.340 e. The zero-order chi connectivity index (χ0) is 27.3. The van der Waals surface area contributed by atoms with Gasteiger partial charge in [0.05, 0.1) is 11.1 Å². The van der Waals surface area contributed by atoms with Gasteiger partial charge in [0.15, 0.2) is 5.60 Å². The molecule has 0 saturated carbocycles. The maximum atomic E-state index is 13.4. The summed E-state index contributed by atoms with van der Waals surface area (Å²) in [5.74, 6) is 0.490. The fourth-order valence-corrected chi connectivity index (χ4v) is 5.68. The second-order valence-corrected chi connectivity index (χ2v) is 9.91. The molecule has 0 aromatic heterocycles. The van der Waals surface area contributed by atoms with E-state index in [1.807, 2.05) is 72.8 Å². The van der Waals surface area contributed by atoms with Gasteiger partial charge >= 0.3 is 5.97 Å². The van der Waals surface area contributed by atoms with Gasteiger partial charge in [0.2, 0.25) is 0 Å². The summed E-state index contributed by atoms with van der Waals surface area (Å²) in [5, 5.41) is 21.7. The molecule has 2 aliphatic rings. The molecule has 2 heterocycles. The van der Waals surface area contributed by atoms with Crippen molar-refractivity contribution in [2.45, 2.75) is 18.6 Å². The van der Waals surface area contributed by atoms with Crippen LogP contribution in [0.4, 0.5) is 0 Å². The molecule has 40 heavy (non-hydrogen) atoms. The van der Waals surface area contributed by atoms with Crippen LogP contribution in [0.15, 0.2) is 109 Å². The van der Waals surface area contributed by atoms with Crippen LogP contribution in [0.3, 0.4) is 0 Å². The number of carbonyl (C=O) groups excluding carboxylic acids is 1. The first kappa shape index (κ1) is 23.9. The van der Waals surface area contributed by atoms with Crippen molar-refractivity contribution in [1.82, 2.24) is 0 Å². The Morgan fingerprint density at radius 1 is 0.725 bits per heavy atom. The first-order valence-corrected chi connectivity index (χ1v) is 13.0. The van der Waals surface area contributed by atoms with Crippen LogP contribution in [0.25, 0.3) is 0 Å². The molecular weight excluding hydrogens is 504 g/mol. The molecule has 0 saturated heterocycles. The van der Waals surface area contributed by atoms with Gasteiger partial charge in [-0.25, -0.2) is 4.79 Å². The van der Waals surface area contributed by atoms with Crippen LogP contribution in [0, 0.1) is 0 Å². The number of phenols is 2. The summed E-state index contributed by atoms with van der Waals surface area (Å²) in [4.78, 5) is 13.4. The highest BCUT2D eigenvalue weighted by Crippen LogP contribution is 2.60. The number of aromatic hydroxyl groups is 2. The Bertz CT molecular complexity index is 1760. The van der Waals surface area contributed by atoms with Crippen molar-refractivity contribution in [3.05, 3.63) is 148 Å². The lowest BCUT2D eigenvalue weighted by molar-refractivity contribution is 0.0213. The molecule has 0 aliphatic carbocycles. The molecule has 5 aromatic carbocycles. The van der Waals surface area contributed by atoms with Crippen LogP contribution in [-0.4, -0.2) is 16.2 Å². The summed E-state index contributed by atoms with van der Waals surface area (Å²) in [6.07, 6.45) is 0.373. The topological polar surface area (TPSA) is 85.2 Å². The summed E-state index contributed by atoms with van der Waals surface area (Å²) < 4.78 is 19.2. The average Bonchev–Trinajstić information content (AvgIpc) is 3.26. The van der Waals surface area contributed by atoms with Gasteiger partial charge < -0.3 is 24.4 Å². The van der Waals surface area contributed by atoms with Crippen LogP contribution in [0.1, 0.15) is 43.7 Å². The largest absolute Gasteiger partial charge is 0.508 e. The van der Waals surface area contributed by atoms with Gasteiger partial charge in [-0.3, -0.25) is 0 Å². The van der Waals surface area contributed by atoms with Crippen LogP contribution in [-0.2, 0) is 23.4 Å². The van der Waals surface area contributed by atoms with Gasteiger partial charge in [0.1, 0.15) is 35.4 Å². The zero-order valence-electron chi connectivity index (χ0n) is 21.3. The van der Waals surface area contributed by atoms with Gasteiger partial charge in [-0.1, -0.05) is 78.9 Å². The lowest BCUT2D eigenvalue weighted by Crippen LogP contribution is -2.34. The predicted octanol–water partition coefficient (Wildman–Crippen LogP) is 6.84. The summed E-state index contributed by atoms with van der Waals surface area (Å²) in [6.45, 7) is 0.215. The summed E-state index contributed by atoms with van der Waals surface area (Å²) in [7, 11) is 0. The minimum Gasteiger partial charge on any atom is -0.508 e. The first-order valence-electron chi connectivity index (χ1n) is 13.0. The number of rotatable bonds is 5. The van der Waals surface area contributed by atoms with Crippen molar-refractivity contribution in [2.75, 3.05) is 0 Å². The van der Waals surface area contributed by atoms with Gasteiger partial charge in [0, 0.05) is 35.2 Å². The fraction of sp³-hybridized carbons (Fsp3) is 0.0882. The number of fused-ring (bicyclic) bond motifs is 6. The van der Waals surface area contributed by atoms with Crippen molar-refractivity contribution < 1.29 is 29.2 Å². The van der Waals surface area contributed by atoms with Crippen molar-refractivity contribution in [2.24, 2.45) is 0 Å². The highest BCUT2D eigenvalue weighted by molar-refractivity contribution is 5.97.